The Morgan fingerprint density at radius 2 is 1.73 bits per heavy atom. The van der Waals surface area contributed by atoms with Crippen LogP contribution >= 0.6 is 0 Å². The zero-order valence-corrected chi connectivity index (χ0v) is 19.4. The van der Waals surface area contributed by atoms with E-state index in [1.54, 1.807) is 0 Å². The first-order chi connectivity index (χ1) is 16.0. The van der Waals surface area contributed by atoms with Crippen molar-refractivity contribution in [3.63, 3.8) is 0 Å². The summed E-state index contributed by atoms with van der Waals surface area (Å²) in [5.41, 5.74) is 6.50. The predicted molar refractivity (Wildman–Crippen MR) is 132 cm³/mol. The summed E-state index contributed by atoms with van der Waals surface area (Å²) < 4.78 is 8.39. The number of amides is 1. The van der Waals surface area contributed by atoms with Crippen LogP contribution in [0.1, 0.15) is 34.9 Å². The maximum atomic E-state index is 12.9. The zero-order chi connectivity index (χ0) is 22.9. The largest absolute Gasteiger partial charge is 0.491 e. The summed E-state index contributed by atoms with van der Waals surface area (Å²) in [7, 11) is 0. The van der Waals surface area contributed by atoms with Gasteiger partial charge in [-0.2, -0.15) is 0 Å². The topological polar surface area (TPSA) is 47.4 Å². The van der Waals surface area contributed by atoms with Crippen molar-refractivity contribution in [1.29, 1.82) is 0 Å². The monoisotopic (exact) mass is 439 g/mol. The first-order valence-electron chi connectivity index (χ1n) is 11.5. The van der Waals surface area contributed by atoms with Gasteiger partial charge in [0.2, 0.25) is 5.91 Å². The summed E-state index contributed by atoms with van der Waals surface area (Å²) in [5.74, 6) is 2.08. The van der Waals surface area contributed by atoms with Gasteiger partial charge in [0.1, 0.15) is 18.2 Å². The van der Waals surface area contributed by atoms with Crippen molar-refractivity contribution in [2.24, 2.45) is 0 Å². The number of rotatable bonds is 6. The SMILES string of the molecule is Cc1ccc(N2C[C@@H](c3nc4ccccc4n3CCOc3cc(C)ccc3C)CC2=O)cc1. The minimum Gasteiger partial charge on any atom is -0.491 e. The lowest BCUT2D eigenvalue weighted by Gasteiger charge is -2.18. The van der Waals surface area contributed by atoms with Crippen LogP contribution in [0.2, 0.25) is 0 Å². The highest BCUT2D eigenvalue weighted by molar-refractivity contribution is 5.96. The molecule has 1 saturated heterocycles. The molecule has 1 atom stereocenters. The Labute approximate surface area is 194 Å². The molecule has 1 aliphatic heterocycles. The molecule has 5 nitrogen and oxygen atoms in total. The number of hydrogen-bond acceptors (Lipinski definition) is 3. The number of anilines is 1. The van der Waals surface area contributed by atoms with E-state index < -0.39 is 0 Å². The first-order valence-corrected chi connectivity index (χ1v) is 11.5. The molecule has 0 bridgehead atoms. The number of imidazole rings is 1. The third kappa shape index (κ3) is 4.23. The van der Waals surface area contributed by atoms with Gasteiger partial charge in [-0.3, -0.25) is 4.79 Å². The van der Waals surface area contributed by atoms with Crippen molar-refractivity contribution in [1.82, 2.24) is 9.55 Å². The van der Waals surface area contributed by atoms with E-state index in [1.807, 2.05) is 35.2 Å². The number of fused-ring (bicyclic) bond motifs is 1. The van der Waals surface area contributed by atoms with Gasteiger partial charge < -0.3 is 14.2 Å². The third-order valence-electron chi connectivity index (χ3n) is 6.44. The van der Waals surface area contributed by atoms with Gasteiger partial charge in [-0.05, 0) is 62.2 Å². The molecule has 2 heterocycles. The average Bonchev–Trinajstić information content (AvgIpc) is 3.37. The lowest BCUT2D eigenvalue weighted by Crippen LogP contribution is -2.24. The second kappa shape index (κ2) is 8.74. The van der Waals surface area contributed by atoms with E-state index >= 15 is 0 Å². The minimum absolute atomic E-state index is 0.0481. The van der Waals surface area contributed by atoms with Crippen LogP contribution in [0.5, 0.6) is 5.75 Å². The van der Waals surface area contributed by atoms with E-state index in [1.165, 1.54) is 11.1 Å². The van der Waals surface area contributed by atoms with E-state index in [9.17, 15) is 4.79 Å². The van der Waals surface area contributed by atoms with Gasteiger partial charge in [-0.15, -0.1) is 0 Å². The molecule has 0 unspecified atom stereocenters. The number of ether oxygens (including phenoxy) is 1. The highest BCUT2D eigenvalue weighted by atomic mass is 16.5. The number of carbonyl (C=O) groups is 1. The van der Waals surface area contributed by atoms with Crippen LogP contribution in [-0.2, 0) is 11.3 Å². The van der Waals surface area contributed by atoms with E-state index in [-0.39, 0.29) is 11.8 Å². The van der Waals surface area contributed by atoms with Gasteiger partial charge in [0, 0.05) is 24.6 Å². The Hall–Kier alpha value is -3.60. The van der Waals surface area contributed by atoms with Gasteiger partial charge in [-0.25, -0.2) is 4.98 Å². The fourth-order valence-electron chi connectivity index (χ4n) is 4.61. The molecule has 5 heteroatoms. The molecule has 33 heavy (non-hydrogen) atoms. The van der Waals surface area contributed by atoms with Crippen LogP contribution in [0.3, 0.4) is 0 Å². The van der Waals surface area contributed by atoms with Gasteiger partial charge in [0.05, 0.1) is 17.6 Å². The summed E-state index contributed by atoms with van der Waals surface area (Å²) in [5, 5.41) is 0. The van der Waals surface area contributed by atoms with Gasteiger partial charge in [-0.1, -0.05) is 42.0 Å². The van der Waals surface area contributed by atoms with Crippen molar-refractivity contribution in [3.8, 4) is 5.75 Å². The lowest BCUT2D eigenvalue weighted by atomic mass is 10.1. The number of hydrogen-bond donors (Lipinski definition) is 0. The number of aromatic nitrogens is 2. The first kappa shape index (κ1) is 21.3. The molecular formula is C28H29N3O2. The molecular weight excluding hydrogens is 410 g/mol. The Bertz CT molecular complexity index is 1310. The van der Waals surface area contributed by atoms with Crippen LogP contribution in [0.25, 0.3) is 11.0 Å². The van der Waals surface area contributed by atoms with Crippen molar-refractivity contribution in [2.75, 3.05) is 18.1 Å². The lowest BCUT2D eigenvalue weighted by molar-refractivity contribution is -0.117. The number of para-hydroxylation sites is 2. The molecule has 1 amide bonds. The molecule has 0 saturated carbocycles. The summed E-state index contributed by atoms with van der Waals surface area (Å²) >= 11 is 0. The van der Waals surface area contributed by atoms with Gasteiger partial charge in [0.15, 0.2) is 0 Å². The normalized spacial score (nSPS) is 16.0. The molecule has 0 spiro atoms. The summed E-state index contributed by atoms with van der Waals surface area (Å²) in [6.45, 7) is 8.06. The molecule has 1 aliphatic rings. The molecule has 0 radical (unpaired) electrons. The van der Waals surface area contributed by atoms with Crippen molar-refractivity contribution >= 4 is 22.6 Å². The average molecular weight is 440 g/mol. The molecule has 1 fully saturated rings. The van der Waals surface area contributed by atoms with Crippen molar-refractivity contribution in [3.05, 3.63) is 89.2 Å². The predicted octanol–water partition coefficient (Wildman–Crippen LogP) is 5.56. The fourth-order valence-corrected chi connectivity index (χ4v) is 4.61. The highest BCUT2D eigenvalue weighted by Gasteiger charge is 2.34. The number of carbonyl (C=O) groups excluding carboxylic acids is 1. The Kier molecular flexibility index (Phi) is 5.63. The summed E-state index contributed by atoms with van der Waals surface area (Å²) in [4.78, 5) is 19.7. The van der Waals surface area contributed by atoms with E-state index in [0.717, 1.165) is 33.9 Å². The smallest absolute Gasteiger partial charge is 0.227 e. The molecule has 4 aromatic rings. The minimum atomic E-state index is 0.0481. The second-order valence-corrected chi connectivity index (χ2v) is 8.97. The third-order valence-corrected chi connectivity index (χ3v) is 6.44. The fraction of sp³-hybridized carbons (Fsp3) is 0.286. The van der Waals surface area contributed by atoms with Gasteiger partial charge in [0.25, 0.3) is 0 Å². The maximum Gasteiger partial charge on any atom is 0.227 e. The van der Waals surface area contributed by atoms with Crippen molar-refractivity contribution < 1.29 is 9.53 Å². The Morgan fingerprint density at radius 1 is 0.970 bits per heavy atom. The van der Waals surface area contributed by atoms with Crippen LogP contribution in [0.15, 0.2) is 66.7 Å². The Balaban J connectivity index is 1.40. The van der Waals surface area contributed by atoms with Crippen LogP contribution < -0.4 is 9.64 Å². The highest BCUT2D eigenvalue weighted by Crippen LogP contribution is 2.33. The molecule has 3 aromatic carbocycles. The number of nitrogens with zero attached hydrogens (tertiary/aromatic N) is 3. The quantitative estimate of drug-likeness (QED) is 0.395. The Morgan fingerprint density at radius 3 is 2.55 bits per heavy atom. The van der Waals surface area contributed by atoms with Crippen LogP contribution in [0.4, 0.5) is 5.69 Å². The molecule has 5 rings (SSSR count). The standard InChI is InChI=1S/C28H29N3O2/c1-19-9-12-23(13-10-19)31-18-22(17-27(31)32)28-29-24-6-4-5-7-25(24)30(28)14-15-33-26-16-20(2)8-11-21(26)3/h4-13,16,22H,14-15,17-18H2,1-3H3/t22-/m0/s1. The van der Waals surface area contributed by atoms with Crippen LogP contribution in [0, 0.1) is 20.8 Å². The second-order valence-electron chi connectivity index (χ2n) is 8.97. The molecule has 1 aromatic heterocycles. The van der Waals surface area contributed by atoms with Gasteiger partial charge >= 0.3 is 0 Å². The number of aryl methyl sites for hydroxylation is 3. The number of benzene rings is 3. The summed E-state index contributed by atoms with van der Waals surface area (Å²) in [6.07, 6.45) is 0.467. The molecule has 0 aliphatic carbocycles. The zero-order valence-electron chi connectivity index (χ0n) is 19.4. The van der Waals surface area contributed by atoms with Crippen molar-refractivity contribution in [2.45, 2.75) is 39.7 Å². The van der Waals surface area contributed by atoms with Crippen LogP contribution in [-0.4, -0.2) is 28.6 Å². The summed E-state index contributed by atoms with van der Waals surface area (Å²) in [6, 6.07) is 22.6. The van der Waals surface area contributed by atoms with E-state index in [2.05, 4.69) is 61.7 Å². The molecule has 0 N–H and O–H groups in total. The van der Waals surface area contributed by atoms with E-state index in [4.69, 9.17) is 9.72 Å². The molecule has 168 valence electrons. The van der Waals surface area contributed by atoms with E-state index in [0.29, 0.717) is 26.1 Å². The maximum absolute atomic E-state index is 12.9.